The Kier molecular flexibility index (Phi) is 7.88. The van der Waals surface area contributed by atoms with Crippen LogP contribution in [0, 0.1) is 0 Å². The van der Waals surface area contributed by atoms with Crippen LogP contribution in [0.25, 0.3) is 28.2 Å². The number of hydrogen-bond acceptors (Lipinski definition) is 5. The number of nitrogens with zero attached hydrogens (tertiary/aromatic N) is 4. The number of carbonyl (C=O) groups is 1. The van der Waals surface area contributed by atoms with Gasteiger partial charge in [-0.1, -0.05) is 113 Å². The number of hydrogen-bond donors (Lipinski definition) is 1. The lowest BCUT2D eigenvalue weighted by Crippen LogP contribution is -2.20. The fourth-order valence-electron chi connectivity index (χ4n) is 3.69. The van der Waals surface area contributed by atoms with Crippen LogP contribution in [-0.2, 0) is 4.79 Å². The summed E-state index contributed by atoms with van der Waals surface area (Å²) in [5.74, 6) is 0.630. The van der Waals surface area contributed by atoms with Gasteiger partial charge < -0.3 is 0 Å². The van der Waals surface area contributed by atoms with Crippen molar-refractivity contribution in [1.82, 2.24) is 20.2 Å². The fourth-order valence-corrected chi connectivity index (χ4v) is 4.70. The summed E-state index contributed by atoms with van der Waals surface area (Å²) in [4.78, 5) is 12.5. The molecule has 182 valence electrons. The normalized spacial score (nSPS) is 11.1. The van der Waals surface area contributed by atoms with E-state index in [0.29, 0.717) is 11.0 Å². The van der Waals surface area contributed by atoms with Crippen molar-refractivity contribution in [3.8, 4) is 28.2 Å². The molecule has 0 aliphatic rings. The van der Waals surface area contributed by atoms with Crippen molar-refractivity contribution in [2.45, 2.75) is 5.16 Å². The maximum absolute atomic E-state index is 12.5. The Hall–Kier alpha value is -4.01. The Morgan fingerprint density at radius 2 is 1.43 bits per heavy atom. The van der Waals surface area contributed by atoms with Crippen LogP contribution >= 0.6 is 27.7 Å². The lowest BCUT2D eigenvalue weighted by molar-refractivity contribution is -0.118. The van der Waals surface area contributed by atoms with E-state index in [1.54, 1.807) is 6.21 Å². The van der Waals surface area contributed by atoms with Gasteiger partial charge in [0.05, 0.1) is 12.0 Å². The van der Waals surface area contributed by atoms with Crippen LogP contribution in [0.4, 0.5) is 0 Å². The third kappa shape index (κ3) is 6.22. The number of hydrazone groups is 1. The summed E-state index contributed by atoms with van der Waals surface area (Å²) < 4.78 is 2.93. The summed E-state index contributed by atoms with van der Waals surface area (Å²) >= 11 is 4.79. The second kappa shape index (κ2) is 11.8. The Bertz CT molecular complexity index is 1500. The van der Waals surface area contributed by atoms with Crippen molar-refractivity contribution in [2.24, 2.45) is 5.10 Å². The minimum absolute atomic E-state index is 0.147. The van der Waals surface area contributed by atoms with Gasteiger partial charge in [-0.2, -0.15) is 5.10 Å². The molecule has 0 aliphatic carbocycles. The van der Waals surface area contributed by atoms with Crippen molar-refractivity contribution >= 4 is 39.8 Å². The molecule has 1 N–H and O–H groups in total. The average Bonchev–Trinajstić information content (AvgIpc) is 3.38. The van der Waals surface area contributed by atoms with Gasteiger partial charge in [0.15, 0.2) is 11.0 Å². The first kappa shape index (κ1) is 24.7. The molecule has 0 atom stereocenters. The molecule has 1 aromatic heterocycles. The van der Waals surface area contributed by atoms with Crippen molar-refractivity contribution in [3.63, 3.8) is 0 Å². The van der Waals surface area contributed by atoms with E-state index in [-0.39, 0.29) is 11.7 Å². The molecule has 0 fully saturated rings. The molecule has 8 heteroatoms. The molecule has 1 heterocycles. The standard InChI is InChI=1S/C29H22BrN5OS/c30-25-15-17-26(18-16-25)35-28(24-9-5-2-6-10-24)33-34-29(35)37-20-27(36)32-31-19-21-11-13-23(14-12-21)22-7-3-1-4-8-22/h1-19H,20H2,(H,32,36). The largest absolute Gasteiger partial charge is 0.272 e. The molecule has 1 amide bonds. The molecule has 0 saturated heterocycles. The monoisotopic (exact) mass is 567 g/mol. The summed E-state index contributed by atoms with van der Waals surface area (Å²) in [6.07, 6.45) is 1.63. The number of aromatic nitrogens is 3. The predicted molar refractivity (Wildman–Crippen MR) is 153 cm³/mol. The fraction of sp³-hybridized carbons (Fsp3) is 0.0345. The van der Waals surface area contributed by atoms with E-state index in [2.05, 4.69) is 48.8 Å². The van der Waals surface area contributed by atoms with Crippen molar-refractivity contribution < 1.29 is 4.79 Å². The lowest BCUT2D eigenvalue weighted by atomic mass is 10.0. The molecule has 0 saturated carbocycles. The Balaban J connectivity index is 1.24. The van der Waals surface area contributed by atoms with Crippen LogP contribution in [0.3, 0.4) is 0 Å². The van der Waals surface area contributed by atoms with Gasteiger partial charge in [-0.15, -0.1) is 10.2 Å². The van der Waals surface area contributed by atoms with Gasteiger partial charge >= 0.3 is 0 Å². The maximum atomic E-state index is 12.5. The van der Waals surface area contributed by atoms with E-state index >= 15 is 0 Å². The van der Waals surface area contributed by atoms with Crippen molar-refractivity contribution in [1.29, 1.82) is 0 Å². The Labute approximate surface area is 227 Å². The molecular formula is C29H22BrN5OS. The van der Waals surface area contributed by atoms with E-state index in [9.17, 15) is 4.79 Å². The number of halogens is 1. The molecular weight excluding hydrogens is 546 g/mol. The Morgan fingerprint density at radius 1 is 0.811 bits per heavy atom. The molecule has 5 rings (SSSR count). The molecule has 6 nitrogen and oxygen atoms in total. The van der Waals surface area contributed by atoms with E-state index in [4.69, 9.17) is 0 Å². The molecule has 37 heavy (non-hydrogen) atoms. The van der Waals surface area contributed by atoms with E-state index in [1.807, 2.05) is 102 Å². The maximum Gasteiger partial charge on any atom is 0.250 e. The highest BCUT2D eigenvalue weighted by atomic mass is 79.9. The molecule has 0 aliphatic heterocycles. The van der Waals surface area contributed by atoms with Crippen molar-refractivity contribution in [3.05, 3.63) is 119 Å². The van der Waals surface area contributed by atoms with Crippen LogP contribution in [0.2, 0.25) is 0 Å². The summed E-state index contributed by atoms with van der Waals surface area (Å²) in [6, 6.07) is 35.9. The molecule has 0 spiro atoms. The first-order valence-electron chi connectivity index (χ1n) is 11.5. The molecule has 4 aromatic carbocycles. The summed E-state index contributed by atoms with van der Waals surface area (Å²) in [6.45, 7) is 0. The lowest BCUT2D eigenvalue weighted by Gasteiger charge is -2.10. The molecule has 5 aromatic rings. The van der Waals surface area contributed by atoms with Crippen LogP contribution < -0.4 is 5.43 Å². The average molecular weight is 569 g/mol. The van der Waals surface area contributed by atoms with Gasteiger partial charge in [-0.3, -0.25) is 9.36 Å². The van der Waals surface area contributed by atoms with E-state index in [0.717, 1.165) is 32.4 Å². The van der Waals surface area contributed by atoms with Gasteiger partial charge in [0, 0.05) is 15.7 Å². The quantitative estimate of drug-likeness (QED) is 0.130. The number of carbonyl (C=O) groups excluding carboxylic acids is 1. The summed E-state index contributed by atoms with van der Waals surface area (Å²) in [5.41, 5.74) is 7.63. The zero-order chi connectivity index (χ0) is 25.5. The Morgan fingerprint density at radius 3 is 2.11 bits per heavy atom. The molecule has 0 radical (unpaired) electrons. The van der Waals surface area contributed by atoms with E-state index < -0.39 is 0 Å². The number of nitrogens with one attached hydrogen (secondary N) is 1. The predicted octanol–water partition coefficient (Wildman–Crippen LogP) is 6.61. The van der Waals surface area contributed by atoms with Gasteiger partial charge in [-0.25, -0.2) is 5.43 Å². The van der Waals surface area contributed by atoms with Crippen LogP contribution in [0.15, 0.2) is 124 Å². The highest BCUT2D eigenvalue weighted by molar-refractivity contribution is 9.10. The molecule has 0 bridgehead atoms. The van der Waals surface area contributed by atoms with Gasteiger partial charge in [0.2, 0.25) is 0 Å². The smallest absolute Gasteiger partial charge is 0.250 e. The van der Waals surface area contributed by atoms with Gasteiger partial charge in [0.25, 0.3) is 5.91 Å². The zero-order valence-corrected chi connectivity index (χ0v) is 22.1. The van der Waals surface area contributed by atoms with Crippen LogP contribution in [-0.4, -0.2) is 32.6 Å². The van der Waals surface area contributed by atoms with Crippen molar-refractivity contribution in [2.75, 3.05) is 5.75 Å². The highest BCUT2D eigenvalue weighted by Gasteiger charge is 2.17. The second-order valence-electron chi connectivity index (χ2n) is 8.05. The highest BCUT2D eigenvalue weighted by Crippen LogP contribution is 2.28. The number of thioether (sulfide) groups is 1. The van der Waals surface area contributed by atoms with Gasteiger partial charge in [0.1, 0.15) is 0 Å². The molecule has 0 unspecified atom stereocenters. The minimum atomic E-state index is -0.228. The van der Waals surface area contributed by atoms with Crippen LogP contribution in [0.5, 0.6) is 0 Å². The number of rotatable bonds is 8. The number of amides is 1. The first-order valence-corrected chi connectivity index (χ1v) is 13.3. The topological polar surface area (TPSA) is 72.2 Å². The third-order valence-corrected chi connectivity index (χ3v) is 6.96. The summed E-state index contributed by atoms with van der Waals surface area (Å²) in [5, 5.41) is 13.5. The first-order chi connectivity index (χ1) is 18.2. The second-order valence-corrected chi connectivity index (χ2v) is 9.91. The zero-order valence-electron chi connectivity index (χ0n) is 19.7. The SMILES string of the molecule is O=C(CSc1nnc(-c2ccccc2)n1-c1ccc(Br)cc1)NN=Cc1ccc(-c2ccccc2)cc1. The third-order valence-electron chi connectivity index (χ3n) is 5.50. The van der Waals surface area contributed by atoms with Gasteiger partial charge in [-0.05, 0) is 41.0 Å². The minimum Gasteiger partial charge on any atom is -0.272 e. The van der Waals surface area contributed by atoms with Crippen LogP contribution in [0.1, 0.15) is 5.56 Å². The summed E-state index contributed by atoms with van der Waals surface area (Å²) in [7, 11) is 0. The van der Waals surface area contributed by atoms with E-state index in [1.165, 1.54) is 11.8 Å². The number of benzene rings is 4.